The van der Waals surface area contributed by atoms with Gasteiger partial charge in [-0.1, -0.05) is 18.2 Å². The topological polar surface area (TPSA) is 74.6 Å². The number of aliphatic hydroxyl groups excluding tert-OH is 1. The molecule has 6 heteroatoms. The van der Waals surface area contributed by atoms with Crippen molar-refractivity contribution < 1.29 is 49.1 Å². The maximum absolute atomic E-state index is 10.8. The summed E-state index contributed by atoms with van der Waals surface area (Å²) in [6.07, 6.45) is 0.218. The largest absolute Gasteiger partial charge is 1.00 e. The summed E-state index contributed by atoms with van der Waals surface area (Å²) >= 11 is 0. The van der Waals surface area contributed by atoms with Crippen LogP contribution in [-0.4, -0.2) is 24.7 Å². The van der Waals surface area contributed by atoms with Gasteiger partial charge in [0.15, 0.2) is 0 Å². The molecule has 0 bridgehead atoms. The second kappa shape index (κ2) is 5.85. The second-order valence-electron chi connectivity index (χ2n) is 2.56. The van der Waals surface area contributed by atoms with Crippen LogP contribution in [0.15, 0.2) is 29.2 Å². The van der Waals surface area contributed by atoms with Crippen LogP contribution in [-0.2, 0) is 16.5 Å². The van der Waals surface area contributed by atoms with Crippen molar-refractivity contribution in [3.63, 3.8) is 0 Å². The van der Waals surface area contributed by atoms with Crippen LogP contribution in [0.1, 0.15) is 6.99 Å². The van der Waals surface area contributed by atoms with E-state index in [0.717, 1.165) is 0 Å². The quantitative estimate of drug-likeness (QED) is 0.444. The van der Waals surface area contributed by atoms with E-state index in [4.69, 9.17) is 9.66 Å². The number of hydrogen-bond donors (Lipinski definition) is 2. The van der Waals surface area contributed by atoms with E-state index in [2.05, 4.69) is 0 Å². The summed E-state index contributed by atoms with van der Waals surface area (Å²) in [5.41, 5.74) is 0.424. The molecule has 0 saturated heterocycles. The third kappa shape index (κ3) is 3.68. The maximum Gasteiger partial charge on any atom is 1.00 e. The van der Waals surface area contributed by atoms with Gasteiger partial charge in [-0.05, 0) is 18.1 Å². The van der Waals surface area contributed by atoms with Crippen molar-refractivity contribution in [3.8, 4) is 0 Å². The summed E-state index contributed by atoms with van der Waals surface area (Å²) in [6, 6.07) is 6.03. The predicted molar refractivity (Wildman–Crippen MR) is 48.2 cm³/mol. The third-order valence-corrected chi connectivity index (χ3v) is 2.59. The zero-order valence-electron chi connectivity index (χ0n) is 8.84. The van der Waals surface area contributed by atoms with Gasteiger partial charge in [0.2, 0.25) is 0 Å². The Bertz CT molecular complexity index is 393. The molecular weight excluding hydrogens is 215 g/mol. The molecule has 0 amide bonds. The van der Waals surface area contributed by atoms with Crippen molar-refractivity contribution in [2.75, 3.05) is 6.61 Å². The van der Waals surface area contributed by atoms with Gasteiger partial charge >= 0.3 is 29.6 Å². The average molecular weight is 226 g/mol. The minimum atomic E-state index is -4.17. The molecular formula is C8H11NaO4S. The summed E-state index contributed by atoms with van der Waals surface area (Å²) in [6.45, 7) is -0.146. The third-order valence-electron chi connectivity index (χ3n) is 1.63. The van der Waals surface area contributed by atoms with E-state index in [1.165, 1.54) is 12.1 Å². The average Bonchev–Trinajstić information content (AvgIpc) is 2.04. The molecule has 0 radical (unpaired) electrons. The first kappa shape index (κ1) is 14.1. The van der Waals surface area contributed by atoms with Gasteiger partial charge in [0, 0.05) is 6.61 Å². The minimum Gasteiger partial charge on any atom is -1.00 e. The van der Waals surface area contributed by atoms with Gasteiger partial charge in [0.05, 0.1) is 4.90 Å². The number of hydrogen-bond acceptors (Lipinski definition) is 3. The van der Waals surface area contributed by atoms with Crippen molar-refractivity contribution >= 4 is 10.1 Å². The predicted octanol–water partition coefficient (Wildman–Crippen LogP) is -2.42. The Morgan fingerprint density at radius 2 is 1.86 bits per heavy atom. The van der Waals surface area contributed by atoms with E-state index < -0.39 is 10.1 Å². The summed E-state index contributed by atoms with van der Waals surface area (Å²) in [5, 5.41) is 8.63. The Hall–Kier alpha value is 0.0900. The summed E-state index contributed by atoms with van der Waals surface area (Å²) < 4.78 is 30.4. The number of rotatable bonds is 3. The smallest absolute Gasteiger partial charge is 1.00 e. The fourth-order valence-corrected chi connectivity index (χ4v) is 1.83. The molecule has 14 heavy (non-hydrogen) atoms. The van der Waals surface area contributed by atoms with Crippen LogP contribution in [0.5, 0.6) is 0 Å². The number of benzene rings is 1. The van der Waals surface area contributed by atoms with Crippen molar-refractivity contribution in [3.05, 3.63) is 29.8 Å². The fourth-order valence-electron chi connectivity index (χ4n) is 1.08. The first-order valence-corrected chi connectivity index (χ1v) is 5.16. The molecule has 0 aliphatic rings. The first-order valence-electron chi connectivity index (χ1n) is 3.72. The van der Waals surface area contributed by atoms with Crippen molar-refractivity contribution in [1.29, 1.82) is 0 Å². The molecule has 0 heterocycles. The van der Waals surface area contributed by atoms with Gasteiger partial charge in [-0.25, -0.2) is 0 Å². The summed E-state index contributed by atoms with van der Waals surface area (Å²) in [7, 11) is -4.17. The molecule has 1 aromatic rings. The fraction of sp³-hybridized carbons (Fsp3) is 0.250. The van der Waals surface area contributed by atoms with Crippen LogP contribution >= 0.6 is 0 Å². The van der Waals surface area contributed by atoms with Crippen LogP contribution in [0, 0.1) is 0 Å². The molecule has 0 unspecified atom stereocenters. The van der Waals surface area contributed by atoms with Gasteiger partial charge < -0.3 is 6.53 Å². The normalized spacial score (nSPS) is 10.7. The molecule has 0 spiro atoms. The molecule has 0 aromatic heterocycles. The Morgan fingerprint density at radius 1 is 1.29 bits per heavy atom. The van der Waals surface area contributed by atoms with Crippen LogP contribution in [0.4, 0.5) is 0 Å². The SMILES string of the molecule is O=S(=O)(O)c1ccccc1CCO.[H-].[Na+]. The Kier molecular flexibility index (Phi) is 5.88. The van der Waals surface area contributed by atoms with Crippen LogP contribution < -0.4 is 29.6 Å². The number of aliphatic hydroxyl groups is 1. The van der Waals surface area contributed by atoms with E-state index >= 15 is 0 Å². The molecule has 0 saturated carbocycles. The van der Waals surface area contributed by atoms with E-state index in [1.807, 2.05) is 0 Å². The van der Waals surface area contributed by atoms with Crippen molar-refractivity contribution in [2.45, 2.75) is 11.3 Å². The van der Waals surface area contributed by atoms with Gasteiger partial charge in [0.1, 0.15) is 0 Å². The van der Waals surface area contributed by atoms with E-state index in [0.29, 0.717) is 5.56 Å². The van der Waals surface area contributed by atoms with Crippen LogP contribution in [0.3, 0.4) is 0 Å². The molecule has 2 N–H and O–H groups in total. The summed E-state index contributed by atoms with van der Waals surface area (Å²) in [5.74, 6) is 0. The molecule has 74 valence electrons. The van der Waals surface area contributed by atoms with E-state index in [1.54, 1.807) is 12.1 Å². The van der Waals surface area contributed by atoms with Gasteiger partial charge in [0.25, 0.3) is 10.1 Å². The van der Waals surface area contributed by atoms with Gasteiger partial charge in [-0.15, -0.1) is 0 Å². The molecule has 1 rings (SSSR count). The zero-order valence-corrected chi connectivity index (χ0v) is 10.7. The second-order valence-corrected chi connectivity index (χ2v) is 3.95. The summed E-state index contributed by atoms with van der Waals surface area (Å²) in [4.78, 5) is -0.135. The Balaban J connectivity index is 0. The first-order chi connectivity index (χ1) is 6.05. The molecule has 4 nitrogen and oxygen atoms in total. The molecule has 0 fully saturated rings. The van der Waals surface area contributed by atoms with Crippen LogP contribution in [0.2, 0.25) is 0 Å². The Labute approximate surface area is 106 Å². The van der Waals surface area contributed by atoms with Crippen molar-refractivity contribution in [2.24, 2.45) is 0 Å². The van der Waals surface area contributed by atoms with Gasteiger partial charge in [-0.2, -0.15) is 8.42 Å². The standard InChI is InChI=1S/C8H10O4S.Na.H/c9-6-5-7-3-1-2-4-8(7)13(10,11)12;;/h1-4,9H,5-6H2,(H,10,11,12);;/q;+1;-1. The van der Waals surface area contributed by atoms with E-state index in [9.17, 15) is 8.42 Å². The zero-order chi connectivity index (χ0) is 9.90. The van der Waals surface area contributed by atoms with Crippen LogP contribution in [0.25, 0.3) is 0 Å². The Morgan fingerprint density at radius 3 is 2.36 bits per heavy atom. The minimum absolute atomic E-state index is 0. The maximum atomic E-state index is 10.8. The van der Waals surface area contributed by atoms with E-state index in [-0.39, 0.29) is 48.9 Å². The molecule has 1 aromatic carbocycles. The molecule has 0 aliphatic heterocycles. The van der Waals surface area contributed by atoms with Crippen molar-refractivity contribution in [1.82, 2.24) is 0 Å². The van der Waals surface area contributed by atoms with Gasteiger partial charge in [-0.3, -0.25) is 4.55 Å². The molecule has 0 aliphatic carbocycles. The molecule has 0 atom stereocenters. The monoisotopic (exact) mass is 226 g/mol.